The molecule has 162 valence electrons. The lowest BCUT2D eigenvalue weighted by atomic mass is 10.2. The van der Waals surface area contributed by atoms with E-state index in [1.54, 1.807) is 17.0 Å². The van der Waals surface area contributed by atoms with Crippen LogP contribution in [0.25, 0.3) is 0 Å². The Labute approximate surface area is 173 Å². The number of halogens is 3. The van der Waals surface area contributed by atoms with Gasteiger partial charge in [-0.25, -0.2) is 4.98 Å². The maximum absolute atomic E-state index is 13.3. The Bertz CT molecular complexity index is 870. The highest BCUT2D eigenvalue weighted by atomic mass is 19.4. The van der Waals surface area contributed by atoms with Gasteiger partial charge in [-0.15, -0.1) is 0 Å². The molecule has 0 atom stereocenters. The lowest BCUT2D eigenvalue weighted by molar-refractivity contribution is -0.137. The van der Waals surface area contributed by atoms with E-state index in [1.807, 2.05) is 31.1 Å². The number of amides is 1. The van der Waals surface area contributed by atoms with Crippen LogP contribution >= 0.6 is 0 Å². The number of carbonyl (C=O) groups is 1. The van der Waals surface area contributed by atoms with E-state index in [-0.39, 0.29) is 24.2 Å². The fourth-order valence-electron chi connectivity index (χ4n) is 3.17. The third-order valence-electron chi connectivity index (χ3n) is 4.80. The molecule has 1 aromatic heterocycles. The van der Waals surface area contributed by atoms with Crippen LogP contribution in [0.5, 0.6) is 0 Å². The number of carbonyl (C=O) groups excluding carboxylic acids is 1. The number of anilines is 4. The molecule has 0 aliphatic carbocycles. The molecule has 0 spiro atoms. The molecule has 1 aliphatic rings. The van der Waals surface area contributed by atoms with Crippen LogP contribution in [0.1, 0.15) is 24.8 Å². The van der Waals surface area contributed by atoms with Gasteiger partial charge in [-0.3, -0.25) is 4.79 Å². The number of alkyl halides is 3. The van der Waals surface area contributed by atoms with Crippen LogP contribution in [0, 0.1) is 0 Å². The molecule has 0 saturated carbocycles. The zero-order valence-corrected chi connectivity index (χ0v) is 17.0. The van der Waals surface area contributed by atoms with E-state index in [0.29, 0.717) is 31.6 Å². The van der Waals surface area contributed by atoms with Crippen molar-refractivity contribution in [3.05, 3.63) is 36.0 Å². The molecule has 1 amide bonds. The van der Waals surface area contributed by atoms with Crippen LogP contribution in [0.15, 0.2) is 30.5 Å². The van der Waals surface area contributed by atoms with Gasteiger partial charge in [0.2, 0.25) is 11.9 Å². The summed E-state index contributed by atoms with van der Waals surface area (Å²) in [6.07, 6.45) is -1.89. The normalized spacial score (nSPS) is 14.2. The summed E-state index contributed by atoms with van der Waals surface area (Å²) in [7, 11) is 3.83. The van der Waals surface area contributed by atoms with Gasteiger partial charge in [0.15, 0.2) is 0 Å². The second kappa shape index (κ2) is 9.19. The van der Waals surface area contributed by atoms with Gasteiger partial charge in [-0.2, -0.15) is 18.2 Å². The quantitative estimate of drug-likeness (QED) is 0.632. The molecule has 2 N–H and O–H groups in total. The standard InChI is InChI=1S/C20H25F3N6O/c1-28(2)15-8-6-14(7-9-15)26-19-25-13-16(20(21,22)23)18(27-19)24-10-4-12-29-11-3-5-17(29)30/h6-9,13H,3-5,10-12H2,1-2H3,(H2,24,25,26,27). The van der Waals surface area contributed by atoms with Crippen molar-refractivity contribution in [2.45, 2.75) is 25.4 Å². The maximum atomic E-state index is 13.3. The molecular formula is C20H25F3N6O. The summed E-state index contributed by atoms with van der Waals surface area (Å²) in [6, 6.07) is 7.36. The van der Waals surface area contributed by atoms with Crippen LogP contribution in [-0.2, 0) is 11.0 Å². The van der Waals surface area contributed by atoms with Crippen molar-refractivity contribution in [3.63, 3.8) is 0 Å². The van der Waals surface area contributed by atoms with Gasteiger partial charge in [0, 0.05) is 57.7 Å². The van der Waals surface area contributed by atoms with Gasteiger partial charge in [-0.05, 0) is 37.1 Å². The van der Waals surface area contributed by atoms with Crippen molar-refractivity contribution in [1.82, 2.24) is 14.9 Å². The number of hydrogen-bond donors (Lipinski definition) is 2. The van der Waals surface area contributed by atoms with Gasteiger partial charge < -0.3 is 20.4 Å². The van der Waals surface area contributed by atoms with Crippen molar-refractivity contribution >= 4 is 29.0 Å². The van der Waals surface area contributed by atoms with Crippen LogP contribution in [-0.4, -0.2) is 54.5 Å². The van der Waals surface area contributed by atoms with E-state index in [4.69, 9.17) is 0 Å². The summed E-state index contributed by atoms with van der Waals surface area (Å²) < 4.78 is 40.0. The highest BCUT2D eigenvalue weighted by Gasteiger charge is 2.35. The molecule has 10 heteroatoms. The van der Waals surface area contributed by atoms with E-state index in [9.17, 15) is 18.0 Å². The molecule has 1 aromatic carbocycles. The molecule has 3 rings (SSSR count). The van der Waals surface area contributed by atoms with Crippen LogP contribution < -0.4 is 15.5 Å². The summed E-state index contributed by atoms with van der Waals surface area (Å²) in [5.41, 5.74) is 0.736. The van der Waals surface area contributed by atoms with E-state index >= 15 is 0 Å². The fourth-order valence-corrected chi connectivity index (χ4v) is 3.17. The minimum Gasteiger partial charge on any atom is -0.378 e. The smallest absolute Gasteiger partial charge is 0.378 e. The van der Waals surface area contributed by atoms with Crippen LogP contribution in [0.2, 0.25) is 0 Å². The predicted molar refractivity (Wildman–Crippen MR) is 110 cm³/mol. The van der Waals surface area contributed by atoms with Crippen molar-refractivity contribution in [2.75, 3.05) is 49.3 Å². The second-order valence-corrected chi connectivity index (χ2v) is 7.28. The van der Waals surface area contributed by atoms with Gasteiger partial charge in [-0.1, -0.05) is 0 Å². The van der Waals surface area contributed by atoms with Crippen LogP contribution in [0.4, 0.5) is 36.3 Å². The Kier molecular flexibility index (Phi) is 6.63. The molecule has 1 saturated heterocycles. The Morgan fingerprint density at radius 2 is 1.93 bits per heavy atom. The minimum absolute atomic E-state index is 0.0674. The first-order valence-electron chi connectivity index (χ1n) is 9.74. The molecule has 0 bridgehead atoms. The van der Waals surface area contributed by atoms with E-state index in [1.165, 1.54) is 0 Å². The number of aromatic nitrogens is 2. The third kappa shape index (κ3) is 5.52. The number of benzene rings is 1. The monoisotopic (exact) mass is 422 g/mol. The highest BCUT2D eigenvalue weighted by Crippen LogP contribution is 2.34. The summed E-state index contributed by atoms with van der Waals surface area (Å²) in [4.78, 5) is 23.1. The molecule has 30 heavy (non-hydrogen) atoms. The molecule has 1 aliphatic heterocycles. The highest BCUT2D eigenvalue weighted by molar-refractivity contribution is 5.78. The number of nitrogens with one attached hydrogen (secondary N) is 2. The Morgan fingerprint density at radius 1 is 1.20 bits per heavy atom. The number of nitrogens with zero attached hydrogens (tertiary/aromatic N) is 4. The average Bonchev–Trinajstić information content (AvgIpc) is 3.10. The van der Waals surface area contributed by atoms with E-state index in [2.05, 4.69) is 20.6 Å². The summed E-state index contributed by atoms with van der Waals surface area (Å²) >= 11 is 0. The SMILES string of the molecule is CN(C)c1ccc(Nc2ncc(C(F)(F)F)c(NCCCN3CCCC3=O)n2)cc1. The first-order valence-corrected chi connectivity index (χ1v) is 9.74. The first kappa shape index (κ1) is 21.7. The molecule has 0 radical (unpaired) electrons. The summed E-state index contributed by atoms with van der Waals surface area (Å²) in [6.45, 7) is 1.49. The molecule has 2 aromatic rings. The zero-order chi connectivity index (χ0) is 21.7. The summed E-state index contributed by atoms with van der Waals surface area (Å²) in [5, 5.41) is 5.68. The Hall–Kier alpha value is -3.04. The first-order chi connectivity index (χ1) is 14.2. The Balaban J connectivity index is 1.67. The van der Waals surface area contributed by atoms with Crippen LogP contribution in [0.3, 0.4) is 0 Å². The number of hydrogen-bond acceptors (Lipinski definition) is 6. The van der Waals surface area contributed by atoms with Gasteiger partial charge in [0.25, 0.3) is 0 Å². The van der Waals surface area contributed by atoms with E-state index < -0.39 is 11.7 Å². The van der Waals surface area contributed by atoms with Crippen molar-refractivity contribution in [1.29, 1.82) is 0 Å². The lowest BCUT2D eigenvalue weighted by Gasteiger charge is -2.17. The number of likely N-dealkylation sites (tertiary alicyclic amines) is 1. The third-order valence-corrected chi connectivity index (χ3v) is 4.80. The van der Waals surface area contributed by atoms with Crippen molar-refractivity contribution in [2.24, 2.45) is 0 Å². The molecule has 2 heterocycles. The molecule has 7 nitrogen and oxygen atoms in total. The Morgan fingerprint density at radius 3 is 2.53 bits per heavy atom. The van der Waals surface area contributed by atoms with E-state index in [0.717, 1.165) is 18.3 Å². The zero-order valence-electron chi connectivity index (χ0n) is 17.0. The lowest BCUT2D eigenvalue weighted by Crippen LogP contribution is -2.27. The average molecular weight is 422 g/mol. The molecular weight excluding hydrogens is 397 g/mol. The predicted octanol–water partition coefficient (Wildman–Crippen LogP) is 3.73. The fraction of sp³-hybridized carbons (Fsp3) is 0.450. The van der Waals surface area contributed by atoms with Gasteiger partial charge >= 0.3 is 6.18 Å². The topological polar surface area (TPSA) is 73.4 Å². The molecule has 1 fully saturated rings. The van der Waals surface area contributed by atoms with Crippen molar-refractivity contribution < 1.29 is 18.0 Å². The van der Waals surface area contributed by atoms with Gasteiger partial charge in [0.05, 0.1) is 0 Å². The molecule has 0 unspecified atom stereocenters. The number of rotatable bonds is 8. The van der Waals surface area contributed by atoms with Gasteiger partial charge in [0.1, 0.15) is 11.4 Å². The second-order valence-electron chi connectivity index (χ2n) is 7.28. The maximum Gasteiger partial charge on any atom is 0.421 e. The van der Waals surface area contributed by atoms with Crippen molar-refractivity contribution in [3.8, 4) is 0 Å². The largest absolute Gasteiger partial charge is 0.421 e. The minimum atomic E-state index is -4.57. The summed E-state index contributed by atoms with van der Waals surface area (Å²) in [5.74, 6) is -0.115.